The minimum Gasteiger partial charge on any atom is -0.367 e. The second-order valence-corrected chi connectivity index (χ2v) is 7.53. The summed E-state index contributed by atoms with van der Waals surface area (Å²) >= 11 is 0. The first kappa shape index (κ1) is 17.3. The Kier molecular flexibility index (Phi) is 4.34. The van der Waals surface area contributed by atoms with Crippen molar-refractivity contribution < 1.29 is 8.78 Å². The van der Waals surface area contributed by atoms with Gasteiger partial charge in [0.1, 0.15) is 11.6 Å². The van der Waals surface area contributed by atoms with Crippen LogP contribution in [0.25, 0.3) is 0 Å². The van der Waals surface area contributed by atoms with Gasteiger partial charge in [0.05, 0.1) is 12.1 Å². The van der Waals surface area contributed by atoms with Gasteiger partial charge in [0.2, 0.25) is 0 Å². The molecule has 5 heteroatoms. The second kappa shape index (κ2) is 7.00. The first-order valence-corrected chi connectivity index (χ1v) is 9.54. The van der Waals surface area contributed by atoms with Crippen molar-refractivity contribution in [1.29, 1.82) is 0 Å². The van der Waals surface area contributed by atoms with Crippen molar-refractivity contribution >= 4 is 5.69 Å². The number of nitrogens with one attached hydrogen (secondary N) is 2. The summed E-state index contributed by atoms with van der Waals surface area (Å²) in [7, 11) is 0. The summed E-state index contributed by atoms with van der Waals surface area (Å²) in [6.07, 6.45) is 0. The van der Waals surface area contributed by atoms with Crippen LogP contribution in [-0.4, -0.2) is 6.54 Å². The number of rotatable bonds is 3. The van der Waals surface area contributed by atoms with Crippen molar-refractivity contribution in [2.75, 3.05) is 11.4 Å². The maximum absolute atomic E-state index is 14.1. The van der Waals surface area contributed by atoms with E-state index in [1.807, 2.05) is 30.3 Å². The highest BCUT2D eigenvalue weighted by atomic mass is 19.1. The third-order valence-corrected chi connectivity index (χ3v) is 5.77. The third kappa shape index (κ3) is 3.07. The molecule has 5 rings (SSSR count). The predicted octanol–water partition coefficient (Wildman–Crippen LogP) is 4.49. The lowest BCUT2D eigenvalue weighted by Gasteiger charge is -2.39. The largest absolute Gasteiger partial charge is 0.367 e. The molecule has 2 aliphatic rings. The Morgan fingerprint density at radius 3 is 2.43 bits per heavy atom. The maximum Gasteiger partial charge on any atom is 0.123 e. The van der Waals surface area contributed by atoms with Crippen LogP contribution in [0.3, 0.4) is 0 Å². The van der Waals surface area contributed by atoms with E-state index in [4.69, 9.17) is 0 Å². The molecule has 28 heavy (non-hydrogen) atoms. The predicted molar refractivity (Wildman–Crippen MR) is 106 cm³/mol. The molecular weight excluding hydrogens is 356 g/mol. The van der Waals surface area contributed by atoms with Gasteiger partial charge in [-0.1, -0.05) is 42.5 Å². The van der Waals surface area contributed by atoms with Crippen molar-refractivity contribution in [2.24, 2.45) is 5.92 Å². The monoisotopic (exact) mass is 377 g/mol. The van der Waals surface area contributed by atoms with Crippen molar-refractivity contribution in [2.45, 2.75) is 18.6 Å². The van der Waals surface area contributed by atoms with Gasteiger partial charge >= 0.3 is 0 Å². The molecule has 2 heterocycles. The lowest BCUT2D eigenvalue weighted by Crippen LogP contribution is -2.39. The third-order valence-electron chi connectivity index (χ3n) is 5.77. The standard InChI is InChI=1S/C23H21F2N3/c24-17-8-4-5-15(11-17)13-28-14-20-22(16-6-2-1-3-7-16)26-27-23(20)19-12-18(25)9-10-21(19)28/h1-12,20,22-23,26-27H,13-14H2. The van der Waals surface area contributed by atoms with Crippen LogP contribution in [0.2, 0.25) is 0 Å². The second-order valence-electron chi connectivity index (χ2n) is 7.53. The number of nitrogens with zero attached hydrogens (tertiary/aromatic N) is 1. The molecule has 0 amide bonds. The minimum atomic E-state index is -0.241. The molecule has 0 aromatic heterocycles. The Bertz CT molecular complexity index is 992. The van der Waals surface area contributed by atoms with E-state index < -0.39 is 0 Å². The molecule has 1 saturated heterocycles. The zero-order valence-corrected chi connectivity index (χ0v) is 15.3. The smallest absolute Gasteiger partial charge is 0.123 e. The van der Waals surface area contributed by atoms with Crippen LogP contribution in [-0.2, 0) is 6.54 Å². The Labute approximate surface area is 163 Å². The van der Waals surface area contributed by atoms with Crippen LogP contribution in [0, 0.1) is 17.6 Å². The van der Waals surface area contributed by atoms with Gasteiger partial charge in [0.25, 0.3) is 0 Å². The molecular formula is C23H21F2N3. The van der Waals surface area contributed by atoms with Crippen LogP contribution in [0.5, 0.6) is 0 Å². The lowest BCUT2D eigenvalue weighted by atomic mass is 9.82. The molecule has 0 spiro atoms. The van der Waals surface area contributed by atoms with E-state index in [9.17, 15) is 8.78 Å². The molecule has 0 aliphatic carbocycles. The van der Waals surface area contributed by atoms with Gasteiger partial charge in [-0.25, -0.2) is 19.6 Å². The van der Waals surface area contributed by atoms with E-state index in [0.29, 0.717) is 6.54 Å². The van der Waals surface area contributed by atoms with Gasteiger partial charge < -0.3 is 4.90 Å². The molecule has 3 unspecified atom stereocenters. The van der Waals surface area contributed by atoms with Crippen LogP contribution in [0.15, 0.2) is 72.8 Å². The van der Waals surface area contributed by atoms with E-state index in [0.717, 1.165) is 23.4 Å². The summed E-state index contributed by atoms with van der Waals surface area (Å²) in [6, 6.07) is 22.1. The molecule has 0 bridgehead atoms. The van der Waals surface area contributed by atoms with E-state index in [1.165, 1.54) is 17.7 Å². The summed E-state index contributed by atoms with van der Waals surface area (Å²) in [4.78, 5) is 2.23. The molecule has 3 aromatic rings. The zero-order chi connectivity index (χ0) is 19.1. The average molecular weight is 377 g/mol. The fraction of sp³-hybridized carbons (Fsp3) is 0.217. The number of benzene rings is 3. The molecule has 3 aromatic carbocycles. The average Bonchev–Trinajstić information content (AvgIpc) is 3.13. The maximum atomic E-state index is 14.1. The van der Waals surface area contributed by atoms with Crippen molar-refractivity contribution in [3.8, 4) is 0 Å². The van der Waals surface area contributed by atoms with E-state index >= 15 is 0 Å². The Hall–Kier alpha value is -2.76. The minimum absolute atomic E-state index is 0.0275. The topological polar surface area (TPSA) is 27.3 Å². The highest BCUT2D eigenvalue weighted by molar-refractivity contribution is 5.58. The highest BCUT2D eigenvalue weighted by Gasteiger charge is 2.43. The first-order chi connectivity index (χ1) is 13.7. The molecule has 142 valence electrons. The van der Waals surface area contributed by atoms with Crippen molar-refractivity contribution in [3.63, 3.8) is 0 Å². The molecule has 3 atom stereocenters. The van der Waals surface area contributed by atoms with Gasteiger partial charge in [0, 0.05) is 24.7 Å². The van der Waals surface area contributed by atoms with Crippen molar-refractivity contribution in [3.05, 3.63) is 101 Å². The fourth-order valence-electron chi connectivity index (χ4n) is 4.52. The molecule has 0 saturated carbocycles. The molecule has 0 radical (unpaired) electrons. The van der Waals surface area contributed by atoms with Gasteiger partial charge in [-0.15, -0.1) is 0 Å². The SMILES string of the molecule is Fc1cccc(CN2CC3C(c4ccccc4)NNC3c3cc(F)ccc32)c1. The first-order valence-electron chi connectivity index (χ1n) is 9.54. The molecule has 2 aliphatic heterocycles. The number of hydrogen-bond donors (Lipinski definition) is 2. The van der Waals surface area contributed by atoms with Gasteiger partial charge in [-0.2, -0.15) is 0 Å². The number of anilines is 1. The molecule has 3 nitrogen and oxygen atoms in total. The molecule has 1 fully saturated rings. The van der Waals surface area contributed by atoms with E-state index in [2.05, 4.69) is 27.9 Å². The number of fused-ring (bicyclic) bond motifs is 3. The van der Waals surface area contributed by atoms with E-state index in [1.54, 1.807) is 18.2 Å². The van der Waals surface area contributed by atoms with Crippen LogP contribution in [0.1, 0.15) is 28.8 Å². The summed E-state index contributed by atoms with van der Waals surface area (Å²) < 4.78 is 27.7. The summed E-state index contributed by atoms with van der Waals surface area (Å²) in [6.45, 7) is 1.38. The molecule has 2 N–H and O–H groups in total. The van der Waals surface area contributed by atoms with Crippen molar-refractivity contribution in [1.82, 2.24) is 10.9 Å². The Morgan fingerprint density at radius 2 is 1.61 bits per heavy atom. The van der Waals surface area contributed by atoms with Gasteiger partial charge in [-0.05, 0) is 47.0 Å². The van der Waals surface area contributed by atoms with Crippen LogP contribution in [0.4, 0.5) is 14.5 Å². The Morgan fingerprint density at radius 1 is 0.821 bits per heavy atom. The summed E-state index contributed by atoms with van der Waals surface area (Å²) in [5.74, 6) is -0.251. The number of hydrogen-bond acceptors (Lipinski definition) is 3. The summed E-state index contributed by atoms with van der Waals surface area (Å²) in [5, 5.41) is 0. The zero-order valence-electron chi connectivity index (χ0n) is 15.3. The summed E-state index contributed by atoms with van der Waals surface area (Å²) in [5.41, 5.74) is 10.8. The van der Waals surface area contributed by atoms with Gasteiger partial charge in [0.15, 0.2) is 0 Å². The van der Waals surface area contributed by atoms with E-state index in [-0.39, 0.29) is 29.6 Å². The van der Waals surface area contributed by atoms with Crippen LogP contribution >= 0.6 is 0 Å². The number of hydrazine groups is 1. The lowest BCUT2D eigenvalue weighted by molar-refractivity contribution is 0.400. The quantitative estimate of drug-likeness (QED) is 0.704. The highest BCUT2D eigenvalue weighted by Crippen LogP contribution is 2.45. The number of halogens is 2. The van der Waals surface area contributed by atoms with Crippen LogP contribution < -0.4 is 15.8 Å². The normalized spacial score (nSPS) is 23.4. The fourth-order valence-corrected chi connectivity index (χ4v) is 4.52. The Balaban J connectivity index is 1.53. The van der Waals surface area contributed by atoms with Gasteiger partial charge in [-0.3, -0.25) is 0 Å².